The van der Waals surface area contributed by atoms with Crippen LogP contribution in [0.3, 0.4) is 0 Å². The highest BCUT2D eigenvalue weighted by atomic mass is 19.1. The highest BCUT2D eigenvalue weighted by molar-refractivity contribution is 5.90. The van der Waals surface area contributed by atoms with E-state index >= 15 is 0 Å². The molecule has 6 heteroatoms. The molecule has 1 fully saturated rings. The zero-order valence-electron chi connectivity index (χ0n) is 16.9. The number of rotatable bonds is 4. The molecule has 0 spiro atoms. The summed E-state index contributed by atoms with van der Waals surface area (Å²) in [7, 11) is 0. The van der Waals surface area contributed by atoms with Crippen LogP contribution in [-0.2, 0) is 6.54 Å². The minimum Gasteiger partial charge on any atom is -0.419 e. The van der Waals surface area contributed by atoms with Crippen LogP contribution in [0, 0.1) is 11.6 Å². The molecule has 1 aliphatic heterocycles. The van der Waals surface area contributed by atoms with E-state index in [9.17, 15) is 13.6 Å². The maximum Gasteiger partial charge on any atom is 0.338 e. The van der Waals surface area contributed by atoms with E-state index in [0.717, 1.165) is 38.5 Å². The maximum absolute atomic E-state index is 14.0. The van der Waals surface area contributed by atoms with E-state index in [2.05, 4.69) is 46.6 Å². The van der Waals surface area contributed by atoms with Crippen LogP contribution >= 0.6 is 0 Å². The SMILES string of the molecule is O=c1cc(NC2CCN(Cc3ccc4ccccc4c3)CC2)c2cc(F)cc(F)c2o1. The summed E-state index contributed by atoms with van der Waals surface area (Å²) < 4.78 is 32.7. The summed E-state index contributed by atoms with van der Waals surface area (Å²) in [5, 5.41) is 6.03. The number of fused-ring (bicyclic) bond motifs is 2. The van der Waals surface area contributed by atoms with Crippen LogP contribution in [0.15, 0.2) is 69.9 Å². The van der Waals surface area contributed by atoms with Crippen LogP contribution in [0.5, 0.6) is 0 Å². The first kappa shape index (κ1) is 19.7. The standard InChI is InChI=1S/C25H22F2N2O2/c26-19-12-21-23(14-24(30)31-25(21)22(27)13-19)28-20-7-9-29(10-8-20)15-16-5-6-17-3-1-2-4-18(17)11-16/h1-6,11-14,20,28H,7-10,15H2. The first-order valence-corrected chi connectivity index (χ1v) is 10.4. The minimum atomic E-state index is -0.874. The lowest BCUT2D eigenvalue weighted by Crippen LogP contribution is -2.38. The summed E-state index contributed by atoms with van der Waals surface area (Å²) in [6.45, 7) is 2.67. The third-order valence-corrected chi connectivity index (χ3v) is 5.93. The molecular weight excluding hydrogens is 398 g/mol. The van der Waals surface area contributed by atoms with Crippen molar-refractivity contribution in [1.29, 1.82) is 0 Å². The molecule has 158 valence electrons. The third kappa shape index (κ3) is 4.16. The average Bonchev–Trinajstić information content (AvgIpc) is 2.76. The molecule has 5 rings (SSSR count). The Bertz CT molecular complexity index is 1310. The lowest BCUT2D eigenvalue weighted by Gasteiger charge is -2.33. The molecule has 4 aromatic rings. The van der Waals surface area contributed by atoms with Crippen LogP contribution in [0.25, 0.3) is 21.7 Å². The van der Waals surface area contributed by atoms with Crippen LogP contribution in [-0.4, -0.2) is 24.0 Å². The van der Waals surface area contributed by atoms with Gasteiger partial charge in [-0.25, -0.2) is 13.6 Å². The molecule has 0 saturated carbocycles. The molecule has 1 N–H and O–H groups in total. The molecule has 0 unspecified atom stereocenters. The fourth-order valence-electron chi connectivity index (χ4n) is 4.36. The normalized spacial score (nSPS) is 15.5. The number of piperidine rings is 1. The molecule has 31 heavy (non-hydrogen) atoms. The van der Waals surface area contributed by atoms with Gasteiger partial charge in [-0.05, 0) is 41.3 Å². The van der Waals surface area contributed by atoms with E-state index in [-0.39, 0.29) is 17.0 Å². The fraction of sp³-hybridized carbons (Fsp3) is 0.240. The van der Waals surface area contributed by atoms with Gasteiger partial charge in [-0.3, -0.25) is 4.90 Å². The lowest BCUT2D eigenvalue weighted by molar-refractivity contribution is 0.211. The van der Waals surface area contributed by atoms with Gasteiger partial charge in [0.25, 0.3) is 0 Å². The van der Waals surface area contributed by atoms with Crippen LogP contribution in [0.1, 0.15) is 18.4 Å². The van der Waals surface area contributed by atoms with Crippen molar-refractivity contribution in [2.45, 2.75) is 25.4 Å². The molecule has 4 nitrogen and oxygen atoms in total. The molecule has 0 radical (unpaired) electrons. The predicted octanol–water partition coefficient (Wildman–Crippen LogP) is 5.30. The minimum absolute atomic E-state index is 0.115. The smallest absolute Gasteiger partial charge is 0.338 e. The van der Waals surface area contributed by atoms with Gasteiger partial charge in [-0.2, -0.15) is 0 Å². The van der Waals surface area contributed by atoms with Crippen molar-refractivity contribution in [3.05, 3.63) is 88.3 Å². The van der Waals surface area contributed by atoms with Gasteiger partial charge in [0.1, 0.15) is 5.82 Å². The second-order valence-corrected chi connectivity index (χ2v) is 8.12. The molecule has 0 bridgehead atoms. The molecule has 1 aromatic heterocycles. The number of likely N-dealkylation sites (tertiary alicyclic amines) is 1. The van der Waals surface area contributed by atoms with E-state index in [4.69, 9.17) is 4.42 Å². The number of hydrogen-bond donors (Lipinski definition) is 1. The van der Waals surface area contributed by atoms with Gasteiger partial charge in [0.2, 0.25) is 0 Å². The largest absolute Gasteiger partial charge is 0.419 e. The summed E-state index contributed by atoms with van der Waals surface area (Å²) >= 11 is 0. The molecule has 2 heterocycles. The van der Waals surface area contributed by atoms with Crippen LogP contribution in [0.4, 0.5) is 14.5 Å². The summed E-state index contributed by atoms with van der Waals surface area (Å²) in [5.41, 5.74) is 0.819. The fourth-order valence-corrected chi connectivity index (χ4v) is 4.36. The topological polar surface area (TPSA) is 45.5 Å². The van der Waals surface area contributed by atoms with Crippen molar-refractivity contribution in [3.63, 3.8) is 0 Å². The quantitative estimate of drug-likeness (QED) is 0.455. The van der Waals surface area contributed by atoms with E-state index in [1.165, 1.54) is 28.5 Å². The van der Waals surface area contributed by atoms with Crippen LogP contribution < -0.4 is 10.9 Å². The number of hydrogen-bond acceptors (Lipinski definition) is 4. The Balaban J connectivity index is 1.27. The van der Waals surface area contributed by atoms with Crippen LogP contribution in [0.2, 0.25) is 0 Å². The molecule has 0 atom stereocenters. The van der Waals surface area contributed by atoms with Gasteiger partial charge in [0.15, 0.2) is 11.4 Å². The van der Waals surface area contributed by atoms with Gasteiger partial charge >= 0.3 is 5.63 Å². The zero-order chi connectivity index (χ0) is 21.4. The average molecular weight is 420 g/mol. The second kappa shape index (κ2) is 8.12. The zero-order valence-corrected chi connectivity index (χ0v) is 16.9. The monoisotopic (exact) mass is 420 g/mol. The van der Waals surface area contributed by atoms with Crippen molar-refractivity contribution in [3.8, 4) is 0 Å². The summed E-state index contributed by atoms with van der Waals surface area (Å²) in [6, 6.07) is 18.2. The summed E-state index contributed by atoms with van der Waals surface area (Å²) in [5.74, 6) is -1.58. The number of nitrogens with zero attached hydrogens (tertiary/aromatic N) is 1. The van der Waals surface area contributed by atoms with Crippen molar-refractivity contribution >= 4 is 27.4 Å². The summed E-state index contributed by atoms with van der Waals surface area (Å²) in [6.07, 6.45) is 1.74. The van der Waals surface area contributed by atoms with Crippen molar-refractivity contribution in [2.75, 3.05) is 18.4 Å². The van der Waals surface area contributed by atoms with Gasteiger partial charge in [0, 0.05) is 43.2 Å². The molecule has 1 saturated heterocycles. The summed E-state index contributed by atoms with van der Waals surface area (Å²) in [4.78, 5) is 14.3. The lowest BCUT2D eigenvalue weighted by atomic mass is 10.0. The number of halogens is 2. The highest BCUT2D eigenvalue weighted by Gasteiger charge is 2.21. The number of benzene rings is 3. The Labute approximate surface area is 178 Å². The molecule has 3 aromatic carbocycles. The molecule has 0 aliphatic carbocycles. The van der Waals surface area contributed by atoms with Gasteiger partial charge in [-0.1, -0.05) is 36.4 Å². The first-order chi connectivity index (χ1) is 15.0. The molecule has 1 aliphatic rings. The predicted molar refractivity (Wildman–Crippen MR) is 118 cm³/mol. The Morgan fingerprint density at radius 3 is 2.55 bits per heavy atom. The Morgan fingerprint density at radius 2 is 1.74 bits per heavy atom. The van der Waals surface area contributed by atoms with E-state index in [1.807, 2.05) is 6.07 Å². The van der Waals surface area contributed by atoms with E-state index in [0.29, 0.717) is 5.69 Å². The van der Waals surface area contributed by atoms with Crippen molar-refractivity contribution in [1.82, 2.24) is 4.90 Å². The Hall–Kier alpha value is -3.25. The molecular formula is C25H22F2N2O2. The Morgan fingerprint density at radius 1 is 0.968 bits per heavy atom. The number of nitrogens with one attached hydrogen (secondary N) is 1. The molecule has 0 amide bonds. The first-order valence-electron chi connectivity index (χ1n) is 10.4. The van der Waals surface area contributed by atoms with Crippen molar-refractivity contribution < 1.29 is 13.2 Å². The van der Waals surface area contributed by atoms with Gasteiger partial charge in [-0.15, -0.1) is 0 Å². The highest BCUT2D eigenvalue weighted by Crippen LogP contribution is 2.27. The van der Waals surface area contributed by atoms with Crippen molar-refractivity contribution in [2.24, 2.45) is 0 Å². The van der Waals surface area contributed by atoms with E-state index < -0.39 is 17.3 Å². The van der Waals surface area contributed by atoms with E-state index in [1.54, 1.807) is 0 Å². The third-order valence-electron chi connectivity index (χ3n) is 5.93. The maximum atomic E-state index is 14.0. The number of anilines is 1. The Kier molecular flexibility index (Phi) is 5.16. The second-order valence-electron chi connectivity index (χ2n) is 8.12. The van der Waals surface area contributed by atoms with Gasteiger partial charge in [0.05, 0.1) is 5.69 Å². The van der Waals surface area contributed by atoms with Gasteiger partial charge < -0.3 is 9.73 Å².